The fourth-order valence-electron chi connectivity index (χ4n) is 4.59. The number of anilines is 2. The van der Waals surface area contributed by atoms with Crippen molar-refractivity contribution in [1.29, 1.82) is 5.26 Å². The van der Waals surface area contributed by atoms with E-state index in [9.17, 15) is 5.26 Å². The first-order valence-corrected chi connectivity index (χ1v) is 12.5. The zero-order valence-electron chi connectivity index (χ0n) is 20.1. The van der Waals surface area contributed by atoms with E-state index in [0.29, 0.717) is 13.3 Å². The fraction of sp³-hybridized carbons (Fsp3) is 0.250. The van der Waals surface area contributed by atoms with Crippen molar-refractivity contribution in [2.75, 3.05) is 43.2 Å². The van der Waals surface area contributed by atoms with Crippen LogP contribution in [0.1, 0.15) is 17.2 Å². The van der Waals surface area contributed by atoms with Crippen LogP contribution in [0.5, 0.6) is 11.5 Å². The fourth-order valence-corrected chi connectivity index (χ4v) is 5.71. The van der Waals surface area contributed by atoms with Crippen LogP contribution in [-0.2, 0) is 0 Å². The number of methoxy groups -OCH3 is 2. The van der Waals surface area contributed by atoms with Crippen molar-refractivity contribution in [3.05, 3.63) is 94.5 Å². The van der Waals surface area contributed by atoms with Gasteiger partial charge in [0.05, 0.1) is 50.1 Å². The maximum atomic E-state index is 10.4. The average Bonchev–Trinajstić information content (AvgIpc) is 2.92. The molecule has 3 aromatic rings. The van der Waals surface area contributed by atoms with Crippen LogP contribution in [0.3, 0.4) is 0 Å². The summed E-state index contributed by atoms with van der Waals surface area (Å²) in [5.74, 6) is 2.44. The summed E-state index contributed by atoms with van der Waals surface area (Å²) in [6.45, 7) is 3.46. The molecule has 35 heavy (non-hydrogen) atoms. The molecule has 5 rings (SSSR count). The maximum Gasteiger partial charge on any atom is 0.119 e. The number of ether oxygens (including phenoxy) is 2. The quantitative estimate of drug-likeness (QED) is 0.458. The Labute approximate surface area is 211 Å². The molecule has 0 spiro atoms. The van der Waals surface area contributed by atoms with Gasteiger partial charge in [-0.2, -0.15) is 5.26 Å². The molecule has 0 aromatic heterocycles. The molecule has 1 unspecified atom stereocenters. The lowest BCUT2D eigenvalue weighted by Crippen LogP contribution is -2.51. The Morgan fingerprint density at radius 1 is 0.800 bits per heavy atom. The Hall–Kier alpha value is -3.76. The Balaban J connectivity index is 1.53. The number of thioether (sulfide) groups is 1. The molecule has 1 saturated heterocycles. The number of aryl methyl sites for hydroxylation is 1. The monoisotopic (exact) mass is 484 g/mol. The highest BCUT2D eigenvalue weighted by molar-refractivity contribution is 8.03. The van der Waals surface area contributed by atoms with E-state index in [1.165, 1.54) is 5.56 Å². The summed E-state index contributed by atoms with van der Waals surface area (Å²) in [6, 6.07) is 27.2. The molecule has 2 aliphatic rings. The van der Waals surface area contributed by atoms with Gasteiger partial charge in [-0.25, -0.2) is 0 Å². The summed E-state index contributed by atoms with van der Waals surface area (Å²) in [7, 11) is 3.35. The molecular formula is C28H28N4O2S. The second-order valence-corrected chi connectivity index (χ2v) is 9.58. The van der Waals surface area contributed by atoms with Crippen molar-refractivity contribution in [3.63, 3.8) is 0 Å². The Morgan fingerprint density at radius 2 is 1.40 bits per heavy atom. The molecular weight excluding hydrogens is 456 g/mol. The zero-order chi connectivity index (χ0) is 24.4. The van der Waals surface area contributed by atoms with Gasteiger partial charge in [-0.15, -0.1) is 0 Å². The normalized spacial score (nSPS) is 17.7. The van der Waals surface area contributed by atoms with E-state index in [1.54, 1.807) is 26.0 Å². The smallest absolute Gasteiger partial charge is 0.119 e. The highest BCUT2D eigenvalue weighted by Gasteiger charge is 2.38. The predicted molar refractivity (Wildman–Crippen MR) is 142 cm³/mol. The largest absolute Gasteiger partial charge is 0.497 e. The third kappa shape index (κ3) is 4.50. The number of rotatable bonds is 5. The summed E-state index contributed by atoms with van der Waals surface area (Å²) < 4.78 is 10.7. The summed E-state index contributed by atoms with van der Waals surface area (Å²) in [5.41, 5.74) is 5.29. The van der Waals surface area contributed by atoms with Gasteiger partial charge in [0.2, 0.25) is 0 Å². The molecule has 0 amide bonds. The lowest BCUT2D eigenvalue weighted by molar-refractivity contribution is 0.326. The molecule has 0 N–H and O–H groups in total. The van der Waals surface area contributed by atoms with Crippen LogP contribution in [0.2, 0.25) is 0 Å². The van der Waals surface area contributed by atoms with Gasteiger partial charge >= 0.3 is 0 Å². The van der Waals surface area contributed by atoms with Crippen LogP contribution >= 0.6 is 11.8 Å². The molecule has 1 atom stereocenters. The van der Waals surface area contributed by atoms with Crippen molar-refractivity contribution < 1.29 is 9.47 Å². The van der Waals surface area contributed by atoms with Gasteiger partial charge in [-0.1, -0.05) is 41.6 Å². The first-order chi connectivity index (χ1) is 17.1. The summed E-state index contributed by atoms with van der Waals surface area (Å²) >= 11 is 1.73. The molecule has 7 heteroatoms. The lowest BCUT2D eigenvalue weighted by atomic mass is 9.95. The first kappa shape index (κ1) is 23.0. The van der Waals surface area contributed by atoms with Gasteiger partial charge < -0.3 is 24.2 Å². The Morgan fingerprint density at radius 3 is 1.97 bits per heavy atom. The predicted octanol–water partition coefficient (Wildman–Crippen LogP) is 5.74. The maximum absolute atomic E-state index is 10.4. The van der Waals surface area contributed by atoms with Crippen LogP contribution in [0.25, 0.3) is 0 Å². The van der Waals surface area contributed by atoms with Gasteiger partial charge in [0.1, 0.15) is 17.6 Å². The SMILES string of the molecule is COc1ccc(N2CSC3=C(C#N)C(c4ccc(C)cc4)N(c4ccc(OC)cc4)CN3C2)cc1. The molecule has 2 heterocycles. The number of nitriles is 1. The third-order valence-electron chi connectivity index (χ3n) is 6.48. The minimum absolute atomic E-state index is 0.153. The van der Waals surface area contributed by atoms with E-state index in [1.807, 2.05) is 24.3 Å². The van der Waals surface area contributed by atoms with E-state index in [4.69, 9.17) is 9.47 Å². The van der Waals surface area contributed by atoms with Gasteiger partial charge in [-0.3, -0.25) is 0 Å². The lowest BCUT2D eigenvalue weighted by Gasteiger charge is -2.48. The van der Waals surface area contributed by atoms with E-state index < -0.39 is 0 Å². The summed E-state index contributed by atoms with van der Waals surface area (Å²) in [6.07, 6.45) is 0. The second kappa shape index (κ2) is 9.85. The zero-order valence-corrected chi connectivity index (χ0v) is 21.0. The highest BCUT2D eigenvalue weighted by atomic mass is 32.2. The summed E-state index contributed by atoms with van der Waals surface area (Å²) in [5, 5.41) is 11.4. The molecule has 0 bridgehead atoms. The van der Waals surface area contributed by atoms with E-state index >= 15 is 0 Å². The number of fused-ring (bicyclic) bond motifs is 1. The van der Waals surface area contributed by atoms with Crippen LogP contribution in [-0.4, -0.2) is 38.3 Å². The van der Waals surface area contributed by atoms with Crippen molar-refractivity contribution in [3.8, 4) is 17.6 Å². The minimum atomic E-state index is -0.153. The molecule has 1 fully saturated rings. The molecule has 2 aliphatic heterocycles. The average molecular weight is 485 g/mol. The van der Waals surface area contributed by atoms with Crippen molar-refractivity contribution >= 4 is 23.1 Å². The number of benzene rings is 3. The van der Waals surface area contributed by atoms with Crippen molar-refractivity contribution in [2.45, 2.75) is 13.0 Å². The second-order valence-electron chi connectivity index (χ2n) is 8.65. The standard InChI is InChI=1S/C28H28N4O2S/c1-20-4-6-21(7-5-20)27-26(16-29)28-30(18-32(27)23-10-14-25(34-3)15-11-23)17-31(19-35-28)22-8-12-24(33-2)13-9-22/h4-15,27H,17-19H2,1-3H3. The van der Waals surface area contributed by atoms with Crippen molar-refractivity contribution in [1.82, 2.24) is 4.90 Å². The summed E-state index contributed by atoms with van der Waals surface area (Å²) in [4.78, 5) is 6.93. The van der Waals surface area contributed by atoms with Gasteiger partial charge in [-0.05, 0) is 61.0 Å². The molecule has 3 aromatic carbocycles. The minimum Gasteiger partial charge on any atom is -0.497 e. The number of hydrogen-bond donors (Lipinski definition) is 0. The molecule has 0 saturated carbocycles. The van der Waals surface area contributed by atoms with Gasteiger partial charge in [0.15, 0.2) is 0 Å². The Bertz CT molecular complexity index is 1250. The van der Waals surface area contributed by atoms with E-state index in [-0.39, 0.29) is 6.04 Å². The molecule has 178 valence electrons. The van der Waals surface area contributed by atoms with Crippen LogP contribution in [0.4, 0.5) is 11.4 Å². The first-order valence-electron chi connectivity index (χ1n) is 11.5. The van der Waals surface area contributed by atoms with Crippen LogP contribution < -0.4 is 19.3 Å². The van der Waals surface area contributed by atoms with E-state index in [0.717, 1.165) is 44.9 Å². The van der Waals surface area contributed by atoms with Crippen LogP contribution in [0, 0.1) is 18.3 Å². The molecule has 0 radical (unpaired) electrons. The van der Waals surface area contributed by atoms with E-state index in [2.05, 4.69) is 76.2 Å². The molecule has 0 aliphatic carbocycles. The van der Waals surface area contributed by atoms with Crippen molar-refractivity contribution in [2.24, 2.45) is 0 Å². The number of hydrogen-bond acceptors (Lipinski definition) is 7. The van der Waals surface area contributed by atoms with Gasteiger partial charge in [0, 0.05) is 11.4 Å². The molecule has 6 nitrogen and oxygen atoms in total. The van der Waals surface area contributed by atoms with Crippen LogP contribution in [0.15, 0.2) is 83.4 Å². The number of nitrogens with zero attached hydrogens (tertiary/aromatic N) is 4. The topological polar surface area (TPSA) is 52.0 Å². The third-order valence-corrected chi connectivity index (χ3v) is 7.67. The highest BCUT2D eigenvalue weighted by Crippen LogP contribution is 2.44. The Kier molecular flexibility index (Phi) is 6.47. The van der Waals surface area contributed by atoms with Gasteiger partial charge in [0.25, 0.3) is 0 Å².